The van der Waals surface area contributed by atoms with E-state index < -0.39 is 0 Å². The molecule has 0 aromatic carbocycles. The maximum atomic E-state index is 5.41. The van der Waals surface area contributed by atoms with E-state index >= 15 is 0 Å². The zero-order valence-corrected chi connectivity index (χ0v) is 11.8. The summed E-state index contributed by atoms with van der Waals surface area (Å²) in [7, 11) is 0. The van der Waals surface area contributed by atoms with Gasteiger partial charge in [-0.15, -0.1) is 6.42 Å². The molecule has 0 fully saturated rings. The van der Waals surface area contributed by atoms with Crippen LogP contribution in [0.2, 0.25) is 0 Å². The monoisotopic (exact) mass is 245 g/mol. The zero-order chi connectivity index (χ0) is 13.6. The highest BCUT2D eigenvalue weighted by Crippen LogP contribution is 2.19. The summed E-state index contributed by atoms with van der Waals surface area (Å²) in [6.45, 7) is 10.9. The highest BCUT2D eigenvalue weighted by molar-refractivity contribution is 5.52. The Bertz CT molecular complexity index is 412. The van der Waals surface area contributed by atoms with Gasteiger partial charge in [0.15, 0.2) is 0 Å². The minimum Gasteiger partial charge on any atom is -0.359 e. The van der Waals surface area contributed by atoms with Gasteiger partial charge in [0, 0.05) is 24.8 Å². The normalized spacial score (nSPS) is 11.1. The van der Waals surface area contributed by atoms with Gasteiger partial charge in [-0.3, -0.25) is 4.98 Å². The van der Waals surface area contributed by atoms with Gasteiger partial charge in [0.05, 0.1) is 18.4 Å². The first-order chi connectivity index (χ1) is 8.48. The van der Waals surface area contributed by atoms with E-state index in [-0.39, 0.29) is 5.54 Å². The third-order valence-electron chi connectivity index (χ3n) is 2.70. The van der Waals surface area contributed by atoms with Crippen molar-refractivity contribution in [2.24, 2.45) is 0 Å². The summed E-state index contributed by atoms with van der Waals surface area (Å²) < 4.78 is 0. The Morgan fingerprint density at radius 1 is 1.44 bits per heavy atom. The molecule has 0 saturated heterocycles. The van der Waals surface area contributed by atoms with Crippen LogP contribution in [0.1, 0.15) is 33.3 Å². The molecule has 0 spiro atoms. The molecule has 98 valence electrons. The maximum absolute atomic E-state index is 5.41. The van der Waals surface area contributed by atoms with Crippen molar-refractivity contribution >= 4 is 5.69 Å². The van der Waals surface area contributed by atoms with Crippen LogP contribution in [0, 0.1) is 12.3 Å². The summed E-state index contributed by atoms with van der Waals surface area (Å²) in [5, 5.41) is 3.49. The summed E-state index contributed by atoms with van der Waals surface area (Å²) in [5.74, 6) is 2.69. The van der Waals surface area contributed by atoms with Crippen molar-refractivity contribution in [3.8, 4) is 12.3 Å². The number of aromatic nitrogens is 1. The average Bonchev–Trinajstić information content (AvgIpc) is 2.33. The van der Waals surface area contributed by atoms with Crippen molar-refractivity contribution in [2.45, 2.75) is 39.8 Å². The Morgan fingerprint density at radius 3 is 2.72 bits per heavy atom. The highest BCUT2D eigenvalue weighted by atomic mass is 15.1. The van der Waals surface area contributed by atoms with Gasteiger partial charge < -0.3 is 10.2 Å². The van der Waals surface area contributed by atoms with Gasteiger partial charge in [-0.25, -0.2) is 0 Å². The molecule has 1 heterocycles. The smallest absolute Gasteiger partial charge is 0.0792 e. The average molecular weight is 245 g/mol. The molecule has 0 bridgehead atoms. The third kappa shape index (κ3) is 4.38. The van der Waals surface area contributed by atoms with Crippen molar-refractivity contribution in [3.05, 3.63) is 24.0 Å². The van der Waals surface area contributed by atoms with E-state index in [2.05, 4.69) is 48.8 Å². The van der Waals surface area contributed by atoms with Crippen LogP contribution in [0.4, 0.5) is 5.69 Å². The van der Waals surface area contributed by atoms with Gasteiger partial charge in [0.25, 0.3) is 0 Å². The second-order valence-electron chi connectivity index (χ2n) is 5.33. The van der Waals surface area contributed by atoms with Gasteiger partial charge in [-0.2, -0.15) is 0 Å². The van der Waals surface area contributed by atoms with Crippen molar-refractivity contribution in [3.63, 3.8) is 0 Å². The Kier molecular flexibility index (Phi) is 5.18. The number of pyridine rings is 1. The van der Waals surface area contributed by atoms with Crippen LogP contribution in [-0.2, 0) is 6.54 Å². The second-order valence-corrected chi connectivity index (χ2v) is 5.33. The molecule has 0 atom stereocenters. The second kappa shape index (κ2) is 6.42. The van der Waals surface area contributed by atoms with Crippen LogP contribution >= 0.6 is 0 Å². The van der Waals surface area contributed by atoms with Gasteiger partial charge in [0.1, 0.15) is 0 Å². The number of hydrogen-bond acceptors (Lipinski definition) is 3. The fraction of sp³-hybridized carbons (Fsp3) is 0.533. The molecule has 0 amide bonds. The Hall–Kier alpha value is -1.53. The predicted octanol–water partition coefficient (Wildman–Crippen LogP) is 2.43. The van der Waals surface area contributed by atoms with E-state index in [4.69, 9.17) is 6.42 Å². The number of terminal acetylenes is 1. The molecule has 1 aromatic rings. The minimum absolute atomic E-state index is 0.101. The largest absolute Gasteiger partial charge is 0.359 e. The quantitative estimate of drug-likeness (QED) is 0.808. The molecule has 3 nitrogen and oxygen atoms in total. The summed E-state index contributed by atoms with van der Waals surface area (Å²) >= 11 is 0. The molecule has 0 unspecified atom stereocenters. The van der Waals surface area contributed by atoms with Crippen LogP contribution < -0.4 is 10.2 Å². The van der Waals surface area contributed by atoms with Crippen LogP contribution in [0.3, 0.4) is 0 Å². The molecule has 0 aliphatic rings. The highest BCUT2D eigenvalue weighted by Gasteiger charge is 2.12. The molecular formula is C15H23N3. The molecule has 1 aromatic heterocycles. The van der Waals surface area contributed by atoms with E-state index in [0.717, 1.165) is 18.8 Å². The van der Waals surface area contributed by atoms with Gasteiger partial charge in [0.2, 0.25) is 0 Å². The van der Waals surface area contributed by atoms with Gasteiger partial charge in [-0.05, 0) is 39.3 Å². The van der Waals surface area contributed by atoms with Crippen molar-refractivity contribution in [2.75, 3.05) is 18.0 Å². The van der Waals surface area contributed by atoms with Crippen molar-refractivity contribution < 1.29 is 0 Å². The fourth-order valence-electron chi connectivity index (χ4n) is 1.69. The fourth-order valence-corrected chi connectivity index (χ4v) is 1.69. The van der Waals surface area contributed by atoms with Crippen LogP contribution in [0.25, 0.3) is 0 Å². The summed E-state index contributed by atoms with van der Waals surface area (Å²) in [4.78, 5) is 6.36. The lowest BCUT2D eigenvalue weighted by atomic mass is 10.1. The van der Waals surface area contributed by atoms with Crippen molar-refractivity contribution in [1.29, 1.82) is 0 Å². The molecule has 1 N–H and O–H groups in total. The molecule has 3 heteroatoms. The summed E-state index contributed by atoms with van der Waals surface area (Å²) in [5.41, 5.74) is 2.45. The van der Waals surface area contributed by atoms with E-state index in [9.17, 15) is 0 Å². The Balaban J connectivity index is 2.88. The predicted molar refractivity (Wildman–Crippen MR) is 77.5 cm³/mol. The van der Waals surface area contributed by atoms with Gasteiger partial charge in [-0.1, -0.05) is 5.92 Å². The number of rotatable bonds is 5. The summed E-state index contributed by atoms with van der Waals surface area (Å²) in [6.07, 6.45) is 9.12. The molecule has 0 aliphatic carbocycles. The van der Waals surface area contributed by atoms with Crippen LogP contribution in [-0.4, -0.2) is 23.6 Å². The van der Waals surface area contributed by atoms with Gasteiger partial charge >= 0.3 is 0 Å². The van der Waals surface area contributed by atoms with Crippen molar-refractivity contribution in [1.82, 2.24) is 10.3 Å². The minimum atomic E-state index is 0.101. The van der Waals surface area contributed by atoms with E-state index in [0.29, 0.717) is 6.54 Å². The summed E-state index contributed by atoms with van der Waals surface area (Å²) in [6, 6.07) is 2.05. The molecule has 0 radical (unpaired) electrons. The SMILES string of the molecule is C#CCN(CC)c1cnccc1CNC(C)(C)C. The first kappa shape index (κ1) is 14.5. The number of hydrogen-bond donors (Lipinski definition) is 1. The number of anilines is 1. The lowest BCUT2D eigenvalue weighted by Crippen LogP contribution is -2.35. The zero-order valence-electron chi connectivity index (χ0n) is 11.8. The molecular weight excluding hydrogens is 222 g/mol. The number of nitrogens with one attached hydrogen (secondary N) is 1. The first-order valence-corrected chi connectivity index (χ1v) is 6.34. The Morgan fingerprint density at radius 2 is 2.17 bits per heavy atom. The topological polar surface area (TPSA) is 28.2 Å². The van der Waals surface area contributed by atoms with E-state index in [1.54, 1.807) is 0 Å². The first-order valence-electron chi connectivity index (χ1n) is 6.34. The number of nitrogens with zero attached hydrogens (tertiary/aromatic N) is 2. The van der Waals surface area contributed by atoms with E-state index in [1.165, 1.54) is 5.56 Å². The molecule has 18 heavy (non-hydrogen) atoms. The lowest BCUT2D eigenvalue weighted by molar-refractivity contribution is 0.424. The standard InChI is InChI=1S/C15H23N3/c1-6-10-18(7-2)14-12-16-9-8-13(14)11-17-15(3,4)5/h1,8-9,12,17H,7,10-11H2,2-5H3. The third-order valence-corrected chi connectivity index (χ3v) is 2.70. The molecule has 1 rings (SSSR count). The van der Waals surface area contributed by atoms with Crippen LogP contribution in [0.5, 0.6) is 0 Å². The molecule has 0 saturated carbocycles. The van der Waals surface area contributed by atoms with E-state index in [1.807, 2.05) is 18.5 Å². The van der Waals surface area contributed by atoms with Crippen LogP contribution in [0.15, 0.2) is 18.5 Å². The molecule has 0 aliphatic heterocycles. The Labute approximate surface area is 111 Å². The lowest BCUT2D eigenvalue weighted by Gasteiger charge is -2.26. The maximum Gasteiger partial charge on any atom is 0.0792 e.